The Balaban J connectivity index is 2.15. The number of rotatable bonds is 2. The number of nitrogens with zero attached hydrogens (tertiary/aromatic N) is 1. The van der Waals surface area contributed by atoms with Crippen LogP contribution in [-0.2, 0) is 5.60 Å². The summed E-state index contributed by atoms with van der Waals surface area (Å²) in [5.41, 5.74) is 0.141. The number of para-hydroxylation sites is 1. The summed E-state index contributed by atoms with van der Waals surface area (Å²) < 4.78 is 0. The molecule has 3 rings (SSSR count). The van der Waals surface area contributed by atoms with E-state index >= 15 is 0 Å². The number of hydrogen-bond acceptors (Lipinski definition) is 3. The highest BCUT2D eigenvalue weighted by molar-refractivity contribution is 5.78. The summed E-state index contributed by atoms with van der Waals surface area (Å²) in [6, 6.07) is 16.1. The van der Waals surface area contributed by atoms with E-state index in [2.05, 4.69) is 9.97 Å². The molecule has 1 unspecified atom stereocenters. The third-order valence-electron chi connectivity index (χ3n) is 3.39. The molecule has 0 aliphatic carbocycles. The second kappa shape index (κ2) is 4.58. The summed E-state index contributed by atoms with van der Waals surface area (Å²) in [6.07, 6.45) is 0. The summed E-state index contributed by atoms with van der Waals surface area (Å²) in [6.45, 7) is 1.62. The van der Waals surface area contributed by atoms with Crippen molar-refractivity contribution in [2.24, 2.45) is 0 Å². The minimum absolute atomic E-state index is 0.247. The van der Waals surface area contributed by atoms with Crippen molar-refractivity contribution in [2.45, 2.75) is 12.5 Å². The fourth-order valence-corrected chi connectivity index (χ4v) is 2.21. The van der Waals surface area contributed by atoms with E-state index in [0.717, 1.165) is 10.9 Å². The van der Waals surface area contributed by atoms with Gasteiger partial charge in [0.15, 0.2) is 0 Å². The van der Waals surface area contributed by atoms with Gasteiger partial charge in [-0.1, -0.05) is 30.3 Å². The maximum atomic E-state index is 11.4. The molecule has 100 valence electrons. The molecule has 1 aromatic carbocycles. The van der Waals surface area contributed by atoms with Crippen molar-refractivity contribution >= 4 is 10.9 Å². The SMILES string of the molecule is CC(O)(c1ccc2ccccc2n1)c1cccc(=O)[nH]1. The average molecular weight is 266 g/mol. The first-order valence-electron chi connectivity index (χ1n) is 6.36. The van der Waals surface area contributed by atoms with Crippen LogP contribution in [0.1, 0.15) is 18.3 Å². The molecule has 0 saturated carbocycles. The second-order valence-corrected chi connectivity index (χ2v) is 4.89. The Hall–Kier alpha value is -2.46. The van der Waals surface area contributed by atoms with Crippen LogP contribution in [0.15, 0.2) is 59.4 Å². The Morgan fingerprint density at radius 3 is 2.65 bits per heavy atom. The summed E-state index contributed by atoms with van der Waals surface area (Å²) in [5.74, 6) is 0. The maximum absolute atomic E-state index is 11.4. The van der Waals surface area contributed by atoms with E-state index in [9.17, 15) is 9.90 Å². The zero-order valence-electron chi connectivity index (χ0n) is 11.0. The molecule has 2 aromatic heterocycles. The molecule has 20 heavy (non-hydrogen) atoms. The number of nitrogens with one attached hydrogen (secondary N) is 1. The average Bonchev–Trinajstić information content (AvgIpc) is 2.46. The molecule has 0 aliphatic heterocycles. The van der Waals surface area contributed by atoms with Gasteiger partial charge in [0, 0.05) is 11.5 Å². The van der Waals surface area contributed by atoms with Crippen molar-refractivity contribution < 1.29 is 5.11 Å². The molecule has 4 heteroatoms. The maximum Gasteiger partial charge on any atom is 0.248 e. The molecular formula is C16H14N2O2. The third kappa shape index (κ3) is 2.10. The van der Waals surface area contributed by atoms with E-state index in [1.165, 1.54) is 6.07 Å². The Bertz CT molecular complexity index is 822. The molecule has 1 atom stereocenters. The highest BCUT2D eigenvalue weighted by atomic mass is 16.3. The van der Waals surface area contributed by atoms with Crippen LogP contribution in [0.2, 0.25) is 0 Å². The molecule has 4 nitrogen and oxygen atoms in total. The van der Waals surface area contributed by atoms with Gasteiger partial charge in [0.1, 0.15) is 5.60 Å². The minimum atomic E-state index is -1.34. The van der Waals surface area contributed by atoms with Crippen LogP contribution >= 0.6 is 0 Å². The Kier molecular flexibility index (Phi) is 2.88. The van der Waals surface area contributed by atoms with Gasteiger partial charge in [-0.25, -0.2) is 4.98 Å². The molecule has 0 fully saturated rings. The number of fused-ring (bicyclic) bond motifs is 1. The third-order valence-corrected chi connectivity index (χ3v) is 3.39. The normalized spacial score (nSPS) is 14.1. The number of aliphatic hydroxyl groups is 1. The topological polar surface area (TPSA) is 66.0 Å². The fraction of sp³-hybridized carbons (Fsp3) is 0.125. The van der Waals surface area contributed by atoms with Gasteiger partial charge in [-0.15, -0.1) is 0 Å². The monoisotopic (exact) mass is 266 g/mol. The van der Waals surface area contributed by atoms with Crippen LogP contribution in [0.3, 0.4) is 0 Å². The van der Waals surface area contributed by atoms with E-state index in [1.807, 2.05) is 30.3 Å². The predicted octanol–water partition coefficient (Wildman–Crippen LogP) is 2.18. The lowest BCUT2D eigenvalue weighted by Gasteiger charge is -2.23. The number of benzene rings is 1. The summed E-state index contributed by atoms with van der Waals surface area (Å²) in [5, 5.41) is 11.7. The standard InChI is InChI=1S/C16H14N2O2/c1-16(20,13-7-4-8-15(19)18-13)14-10-9-11-5-2-3-6-12(11)17-14/h2-10,20H,1H3,(H,18,19). The van der Waals surface area contributed by atoms with Crippen LogP contribution in [0.5, 0.6) is 0 Å². The molecule has 0 aliphatic rings. The van der Waals surface area contributed by atoms with Crippen LogP contribution in [0.4, 0.5) is 0 Å². The molecule has 0 radical (unpaired) electrons. The van der Waals surface area contributed by atoms with Gasteiger partial charge in [0.25, 0.3) is 0 Å². The zero-order valence-corrected chi connectivity index (χ0v) is 11.0. The van der Waals surface area contributed by atoms with Gasteiger partial charge >= 0.3 is 0 Å². The second-order valence-electron chi connectivity index (χ2n) is 4.89. The Morgan fingerprint density at radius 2 is 1.85 bits per heavy atom. The van der Waals surface area contributed by atoms with Crippen molar-refractivity contribution in [1.82, 2.24) is 9.97 Å². The van der Waals surface area contributed by atoms with Crippen molar-refractivity contribution in [3.63, 3.8) is 0 Å². The number of H-pyrrole nitrogens is 1. The van der Waals surface area contributed by atoms with Crippen molar-refractivity contribution in [2.75, 3.05) is 0 Å². The van der Waals surface area contributed by atoms with Crippen LogP contribution in [0.25, 0.3) is 10.9 Å². The Labute approximate surface area is 115 Å². The van der Waals surface area contributed by atoms with E-state index in [-0.39, 0.29) is 5.56 Å². The van der Waals surface area contributed by atoms with E-state index in [0.29, 0.717) is 11.4 Å². The van der Waals surface area contributed by atoms with Gasteiger partial charge in [-0.3, -0.25) is 4.79 Å². The van der Waals surface area contributed by atoms with Gasteiger partial charge in [0.2, 0.25) is 5.56 Å². The molecule has 2 heterocycles. The number of aromatic nitrogens is 2. The molecular weight excluding hydrogens is 252 g/mol. The van der Waals surface area contributed by atoms with E-state index in [1.54, 1.807) is 25.1 Å². The lowest BCUT2D eigenvalue weighted by molar-refractivity contribution is 0.0927. The molecule has 3 aromatic rings. The number of hydrogen-bond donors (Lipinski definition) is 2. The molecule has 0 spiro atoms. The largest absolute Gasteiger partial charge is 0.378 e. The molecule has 2 N–H and O–H groups in total. The molecule has 0 amide bonds. The lowest BCUT2D eigenvalue weighted by atomic mass is 9.96. The van der Waals surface area contributed by atoms with E-state index in [4.69, 9.17) is 0 Å². The first kappa shape index (κ1) is 12.6. The Morgan fingerprint density at radius 1 is 1.05 bits per heavy atom. The lowest BCUT2D eigenvalue weighted by Crippen LogP contribution is -2.27. The van der Waals surface area contributed by atoms with Crippen molar-refractivity contribution in [1.29, 1.82) is 0 Å². The van der Waals surface area contributed by atoms with Crippen LogP contribution in [0, 0.1) is 0 Å². The first-order chi connectivity index (χ1) is 9.57. The molecule has 0 saturated heterocycles. The summed E-state index contributed by atoms with van der Waals surface area (Å²) in [4.78, 5) is 18.5. The minimum Gasteiger partial charge on any atom is -0.378 e. The zero-order chi connectivity index (χ0) is 14.2. The summed E-state index contributed by atoms with van der Waals surface area (Å²) >= 11 is 0. The number of pyridine rings is 2. The van der Waals surface area contributed by atoms with E-state index < -0.39 is 5.60 Å². The van der Waals surface area contributed by atoms with Gasteiger partial charge in [0.05, 0.1) is 16.9 Å². The number of aromatic amines is 1. The van der Waals surface area contributed by atoms with Crippen LogP contribution in [-0.4, -0.2) is 15.1 Å². The van der Waals surface area contributed by atoms with Crippen LogP contribution < -0.4 is 5.56 Å². The highest BCUT2D eigenvalue weighted by Crippen LogP contribution is 2.26. The van der Waals surface area contributed by atoms with Gasteiger partial charge in [-0.2, -0.15) is 0 Å². The predicted molar refractivity (Wildman–Crippen MR) is 77.5 cm³/mol. The fourth-order valence-electron chi connectivity index (χ4n) is 2.21. The van der Waals surface area contributed by atoms with Crippen molar-refractivity contribution in [3.8, 4) is 0 Å². The first-order valence-corrected chi connectivity index (χ1v) is 6.36. The van der Waals surface area contributed by atoms with Gasteiger partial charge in [-0.05, 0) is 25.1 Å². The smallest absolute Gasteiger partial charge is 0.248 e. The summed E-state index contributed by atoms with van der Waals surface area (Å²) in [7, 11) is 0. The highest BCUT2D eigenvalue weighted by Gasteiger charge is 2.28. The van der Waals surface area contributed by atoms with Crippen molar-refractivity contribution in [3.05, 3.63) is 76.3 Å². The molecule has 0 bridgehead atoms. The quantitative estimate of drug-likeness (QED) is 0.747. The van der Waals surface area contributed by atoms with Gasteiger partial charge < -0.3 is 10.1 Å².